The van der Waals surface area contributed by atoms with Crippen molar-refractivity contribution in [1.29, 1.82) is 0 Å². The largest absolute Gasteiger partial charge is 0.332 e. The summed E-state index contributed by atoms with van der Waals surface area (Å²) in [5.41, 5.74) is 0. The molecule has 1 fully saturated rings. The summed E-state index contributed by atoms with van der Waals surface area (Å²) in [7, 11) is -1.76. The maximum atomic E-state index is 12.2. The number of thioether (sulfide) groups is 1. The number of sulfonamides is 1. The van der Waals surface area contributed by atoms with Crippen LogP contribution in [0.5, 0.6) is 0 Å². The first-order valence-electron chi connectivity index (χ1n) is 5.09. The molecule has 1 aliphatic heterocycles. The van der Waals surface area contributed by atoms with Gasteiger partial charge in [-0.1, -0.05) is 0 Å². The van der Waals surface area contributed by atoms with E-state index in [1.54, 1.807) is 25.7 Å². The second-order valence-corrected chi connectivity index (χ2v) is 6.99. The van der Waals surface area contributed by atoms with Gasteiger partial charge in [-0.15, -0.1) is 0 Å². The van der Waals surface area contributed by atoms with Gasteiger partial charge < -0.3 is 4.98 Å². The summed E-state index contributed by atoms with van der Waals surface area (Å²) in [5, 5.41) is 0.185. The molecule has 1 aromatic rings. The van der Waals surface area contributed by atoms with Crippen molar-refractivity contribution in [2.75, 3.05) is 18.6 Å². The molecule has 0 radical (unpaired) electrons. The molecule has 0 bridgehead atoms. The number of nitrogens with one attached hydrogen (secondary N) is 1. The quantitative estimate of drug-likeness (QED) is 0.876. The lowest BCUT2D eigenvalue weighted by atomic mass is 10.3. The number of H-pyrrole nitrogens is 1. The highest BCUT2D eigenvalue weighted by Crippen LogP contribution is 2.25. The maximum absolute atomic E-state index is 12.2. The molecule has 5 nitrogen and oxygen atoms in total. The minimum atomic E-state index is -3.40. The average molecular weight is 261 g/mol. The van der Waals surface area contributed by atoms with Gasteiger partial charge in [-0.25, -0.2) is 13.4 Å². The van der Waals surface area contributed by atoms with Crippen molar-refractivity contribution < 1.29 is 8.42 Å². The van der Waals surface area contributed by atoms with Gasteiger partial charge in [0.15, 0.2) is 5.03 Å². The summed E-state index contributed by atoms with van der Waals surface area (Å²) in [6.45, 7) is 1.74. The van der Waals surface area contributed by atoms with Crippen molar-refractivity contribution in [1.82, 2.24) is 14.3 Å². The summed E-state index contributed by atoms with van der Waals surface area (Å²) >= 11 is 1.80. The topological polar surface area (TPSA) is 66.1 Å². The standard InChI is InChI=1S/C9H15N3O2S2/c1-7-10-5-9(11-7)16(13,14)12(2)8-3-4-15-6-8/h5,8H,3-4,6H2,1-2H3,(H,10,11). The lowest BCUT2D eigenvalue weighted by molar-refractivity contribution is 0.393. The van der Waals surface area contributed by atoms with E-state index in [0.717, 1.165) is 17.9 Å². The first-order valence-corrected chi connectivity index (χ1v) is 7.68. The van der Waals surface area contributed by atoms with Crippen molar-refractivity contribution in [3.05, 3.63) is 12.0 Å². The molecular weight excluding hydrogens is 246 g/mol. The van der Waals surface area contributed by atoms with E-state index in [2.05, 4.69) is 9.97 Å². The first kappa shape index (κ1) is 11.9. The number of aromatic nitrogens is 2. The Morgan fingerprint density at radius 2 is 2.38 bits per heavy atom. The number of nitrogens with zero attached hydrogens (tertiary/aromatic N) is 2. The predicted octanol–water partition coefficient (Wildman–Crippen LogP) is 0.844. The fourth-order valence-electron chi connectivity index (χ4n) is 1.69. The molecular formula is C9H15N3O2S2. The van der Waals surface area contributed by atoms with Crippen LogP contribution in [0.25, 0.3) is 0 Å². The van der Waals surface area contributed by atoms with Crippen LogP contribution in [-0.4, -0.2) is 47.3 Å². The third kappa shape index (κ3) is 2.11. The lowest BCUT2D eigenvalue weighted by Crippen LogP contribution is -2.37. The summed E-state index contributed by atoms with van der Waals surface area (Å²) in [6.07, 6.45) is 2.30. The molecule has 0 aromatic carbocycles. The fraction of sp³-hybridized carbons (Fsp3) is 0.667. The molecule has 0 amide bonds. The molecule has 2 heterocycles. The normalized spacial score (nSPS) is 21.8. The van der Waals surface area contributed by atoms with Gasteiger partial charge in [-0.05, 0) is 19.1 Å². The third-order valence-corrected chi connectivity index (χ3v) is 5.72. The molecule has 1 atom stereocenters. The van der Waals surface area contributed by atoms with Crippen molar-refractivity contribution in [3.8, 4) is 0 Å². The molecule has 0 aliphatic carbocycles. The van der Waals surface area contributed by atoms with Crippen molar-refractivity contribution in [2.24, 2.45) is 0 Å². The molecule has 1 aliphatic rings. The minimum Gasteiger partial charge on any atom is -0.332 e. The zero-order valence-electron chi connectivity index (χ0n) is 9.30. The molecule has 1 aromatic heterocycles. The van der Waals surface area contributed by atoms with Gasteiger partial charge in [0.05, 0.1) is 6.20 Å². The molecule has 16 heavy (non-hydrogen) atoms. The monoisotopic (exact) mass is 261 g/mol. The second kappa shape index (κ2) is 4.38. The molecule has 0 saturated carbocycles. The van der Waals surface area contributed by atoms with Crippen molar-refractivity contribution >= 4 is 21.8 Å². The predicted molar refractivity (Wildman–Crippen MR) is 64.0 cm³/mol. The summed E-state index contributed by atoms with van der Waals surface area (Å²) in [4.78, 5) is 6.70. The molecule has 1 N–H and O–H groups in total. The smallest absolute Gasteiger partial charge is 0.260 e. The Morgan fingerprint density at radius 1 is 1.62 bits per heavy atom. The second-order valence-electron chi connectivity index (χ2n) is 3.87. The highest BCUT2D eigenvalue weighted by Gasteiger charge is 2.31. The van der Waals surface area contributed by atoms with Crippen LogP contribution in [-0.2, 0) is 10.0 Å². The number of aromatic amines is 1. The van der Waals surface area contributed by atoms with Crippen LogP contribution in [0, 0.1) is 6.92 Å². The number of imidazole rings is 1. The molecule has 2 rings (SSSR count). The van der Waals surface area contributed by atoms with E-state index in [9.17, 15) is 8.42 Å². The molecule has 1 saturated heterocycles. The van der Waals surface area contributed by atoms with E-state index in [-0.39, 0.29) is 11.1 Å². The Morgan fingerprint density at radius 3 is 2.88 bits per heavy atom. The van der Waals surface area contributed by atoms with E-state index < -0.39 is 10.0 Å². The van der Waals surface area contributed by atoms with Crippen LogP contribution in [0.2, 0.25) is 0 Å². The van der Waals surface area contributed by atoms with Gasteiger partial charge in [0.2, 0.25) is 0 Å². The third-order valence-electron chi connectivity index (χ3n) is 2.76. The van der Waals surface area contributed by atoms with Crippen LogP contribution >= 0.6 is 11.8 Å². The van der Waals surface area contributed by atoms with Crippen molar-refractivity contribution in [2.45, 2.75) is 24.4 Å². The highest BCUT2D eigenvalue weighted by atomic mass is 32.2. The number of hydrogen-bond donors (Lipinski definition) is 1. The van der Waals surface area contributed by atoms with Gasteiger partial charge in [0.25, 0.3) is 10.0 Å². The lowest BCUT2D eigenvalue weighted by Gasteiger charge is -2.21. The van der Waals surface area contributed by atoms with E-state index >= 15 is 0 Å². The van der Waals surface area contributed by atoms with Crippen LogP contribution in [0.3, 0.4) is 0 Å². The Hall–Kier alpha value is -0.530. The van der Waals surface area contributed by atoms with E-state index in [1.807, 2.05) is 0 Å². The maximum Gasteiger partial charge on any atom is 0.260 e. The zero-order chi connectivity index (χ0) is 11.8. The Bertz CT molecular complexity index is 463. The fourth-order valence-corrected chi connectivity index (χ4v) is 4.40. The Labute approximate surface area is 99.7 Å². The van der Waals surface area contributed by atoms with E-state index in [0.29, 0.717) is 5.82 Å². The van der Waals surface area contributed by atoms with Gasteiger partial charge in [0, 0.05) is 18.8 Å². The number of aryl methyl sites for hydroxylation is 1. The summed E-state index contributed by atoms with van der Waals surface area (Å²) in [6, 6.07) is 0.110. The molecule has 0 spiro atoms. The van der Waals surface area contributed by atoms with E-state index in [4.69, 9.17) is 0 Å². The van der Waals surface area contributed by atoms with Gasteiger partial charge in [-0.3, -0.25) is 0 Å². The Balaban J connectivity index is 2.24. The number of rotatable bonds is 3. The Kier molecular flexibility index (Phi) is 3.27. The molecule has 1 unspecified atom stereocenters. The highest BCUT2D eigenvalue weighted by molar-refractivity contribution is 7.99. The van der Waals surface area contributed by atoms with Gasteiger partial charge in [-0.2, -0.15) is 16.1 Å². The van der Waals surface area contributed by atoms with Crippen LogP contribution in [0.1, 0.15) is 12.2 Å². The first-order chi connectivity index (χ1) is 7.51. The summed E-state index contributed by atoms with van der Waals surface area (Å²) < 4.78 is 25.8. The van der Waals surface area contributed by atoms with E-state index in [1.165, 1.54) is 10.5 Å². The SMILES string of the molecule is Cc1ncc(S(=O)(=O)N(C)C2CCSC2)[nH]1. The minimum absolute atomic E-state index is 0.110. The molecule has 90 valence electrons. The van der Waals surface area contributed by atoms with Crippen LogP contribution in [0.4, 0.5) is 0 Å². The van der Waals surface area contributed by atoms with Gasteiger partial charge in [0.1, 0.15) is 5.82 Å². The zero-order valence-corrected chi connectivity index (χ0v) is 10.9. The number of hydrogen-bond acceptors (Lipinski definition) is 4. The summed E-state index contributed by atoms with van der Waals surface area (Å²) in [5.74, 6) is 2.53. The molecule has 7 heteroatoms. The average Bonchev–Trinajstić information content (AvgIpc) is 2.86. The van der Waals surface area contributed by atoms with Crippen LogP contribution < -0.4 is 0 Å². The van der Waals surface area contributed by atoms with Crippen LogP contribution in [0.15, 0.2) is 11.2 Å². The van der Waals surface area contributed by atoms with Crippen molar-refractivity contribution in [3.63, 3.8) is 0 Å². The van der Waals surface area contributed by atoms with Gasteiger partial charge >= 0.3 is 0 Å².